The number of aromatic nitrogens is 1. The number of carbonyl (C=O) groups excluding carboxylic acids is 4. The molecule has 1 atom stereocenters. The lowest BCUT2D eigenvalue weighted by atomic mass is 10.1. The van der Waals surface area contributed by atoms with Crippen LogP contribution in [0.3, 0.4) is 0 Å². The van der Waals surface area contributed by atoms with Crippen molar-refractivity contribution in [3.8, 4) is 0 Å². The maximum atomic E-state index is 12.9. The zero-order valence-corrected chi connectivity index (χ0v) is 16.0. The Morgan fingerprint density at radius 3 is 2.00 bits per heavy atom. The number of amides is 1. The molecule has 1 aromatic heterocycles. The molecule has 6 nitrogen and oxygen atoms in total. The van der Waals surface area contributed by atoms with Crippen LogP contribution in [-0.4, -0.2) is 40.7 Å². The number of para-hydroxylation sites is 2. The van der Waals surface area contributed by atoms with Crippen LogP contribution in [0.5, 0.6) is 0 Å². The van der Waals surface area contributed by atoms with E-state index in [1.807, 2.05) is 48.5 Å². The molecule has 2 aromatic carbocycles. The van der Waals surface area contributed by atoms with Crippen LogP contribution in [0, 0.1) is 0 Å². The first kappa shape index (κ1) is 20.4. The van der Waals surface area contributed by atoms with E-state index in [0.29, 0.717) is 0 Å². The standard InChI is InChI=1S/C22H21FN2O4/c1-14(26)12-17(20(27)13-23)24-21(28)10-11-22(29)25-18-8-4-2-6-15(18)16-7-3-5-9-19(16)25/h2-9,17H,10-13H2,1H3,(H,24,28). The average Bonchev–Trinajstić information content (AvgIpc) is 3.05. The predicted molar refractivity (Wildman–Crippen MR) is 108 cm³/mol. The maximum Gasteiger partial charge on any atom is 0.232 e. The number of halogens is 1. The van der Waals surface area contributed by atoms with Crippen LogP contribution in [0.25, 0.3) is 21.8 Å². The summed E-state index contributed by atoms with van der Waals surface area (Å²) in [5.41, 5.74) is 1.50. The second kappa shape index (κ2) is 8.77. The van der Waals surface area contributed by atoms with E-state index < -0.39 is 24.4 Å². The van der Waals surface area contributed by atoms with E-state index in [2.05, 4.69) is 5.32 Å². The summed E-state index contributed by atoms with van der Waals surface area (Å²) in [6.45, 7) is -0.00500. The second-order valence-electron chi connectivity index (χ2n) is 6.89. The highest BCUT2D eigenvalue weighted by atomic mass is 19.1. The number of ketones is 2. The van der Waals surface area contributed by atoms with E-state index >= 15 is 0 Å². The fraction of sp³-hybridized carbons (Fsp3) is 0.273. The van der Waals surface area contributed by atoms with Crippen LogP contribution in [0.2, 0.25) is 0 Å². The van der Waals surface area contributed by atoms with Crippen molar-refractivity contribution in [1.29, 1.82) is 0 Å². The monoisotopic (exact) mass is 396 g/mol. The Kier molecular flexibility index (Phi) is 6.16. The molecule has 1 heterocycles. The van der Waals surface area contributed by atoms with Crippen molar-refractivity contribution >= 4 is 45.2 Å². The minimum absolute atomic E-state index is 0.0922. The van der Waals surface area contributed by atoms with E-state index in [4.69, 9.17) is 0 Å². The summed E-state index contributed by atoms with van der Waals surface area (Å²) < 4.78 is 14.2. The van der Waals surface area contributed by atoms with Gasteiger partial charge in [0.15, 0.2) is 5.78 Å². The summed E-state index contributed by atoms with van der Waals surface area (Å²) in [5.74, 6) is -2.04. The third-order valence-electron chi connectivity index (χ3n) is 4.74. The van der Waals surface area contributed by atoms with E-state index in [0.717, 1.165) is 21.8 Å². The van der Waals surface area contributed by atoms with Gasteiger partial charge in [-0.05, 0) is 19.1 Å². The Balaban J connectivity index is 1.76. The molecular weight excluding hydrogens is 375 g/mol. The molecular formula is C22H21FN2O4. The van der Waals surface area contributed by atoms with Crippen molar-refractivity contribution in [2.24, 2.45) is 0 Å². The average molecular weight is 396 g/mol. The topological polar surface area (TPSA) is 85.2 Å². The molecule has 0 bridgehead atoms. The molecule has 0 spiro atoms. The van der Waals surface area contributed by atoms with Gasteiger partial charge < -0.3 is 5.32 Å². The molecule has 7 heteroatoms. The third kappa shape index (κ3) is 4.39. The van der Waals surface area contributed by atoms with Crippen LogP contribution in [0.15, 0.2) is 48.5 Å². The minimum atomic E-state index is -1.27. The third-order valence-corrected chi connectivity index (χ3v) is 4.74. The molecule has 0 radical (unpaired) electrons. The van der Waals surface area contributed by atoms with Gasteiger partial charge in [-0.25, -0.2) is 4.39 Å². The summed E-state index contributed by atoms with van der Waals surface area (Å²) in [5, 5.41) is 4.24. The van der Waals surface area contributed by atoms with E-state index in [-0.39, 0.29) is 31.0 Å². The Hall–Kier alpha value is -3.35. The number of benzene rings is 2. The molecule has 0 aliphatic heterocycles. The van der Waals surface area contributed by atoms with Crippen LogP contribution in [0.1, 0.15) is 31.0 Å². The molecule has 3 aromatic rings. The first-order valence-corrected chi connectivity index (χ1v) is 9.31. The molecule has 0 fully saturated rings. The Morgan fingerprint density at radius 2 is 1.48 bits per heavy atom. The van der Waals surface area contributed by atoms with Crippen molar-refractivity contribution in [3.63, 3.8) is 0 Å². The van der Waals surface area contributed by atoms with Gasteiger partial charge in [0.1, 0.15) is 12.5 Å². The molecule has 150 valence electrons. The Labute approximate surface area is 166 Å². The molecule has 0 saturated carbocycles. The van der Waals surface area contributed by atoms with Gasteiger partial charge in [0.05, 0.1) is 17.1 Å². The fourth-order valence-corrected chi connectivity index (χ4v) is 3.42. The molecule has 0 saturated heterocycles. The highest BCUT2D eigenvalue weighted by Crippen LogP contribution is 2.28. The zero-order valence-electron chi connectivity index (χ0n) is 16.0. The highest BCUT2D eigenvalue weighted by Gasteiger charge is 2.23. The van der Waals surface area contributed by atoms with Gasteiger partial charge in [-0.3, -0.25) is 23.7 Å². The summed E-state index contributed by atoms with van der Waals surface area (Å²) in [6.07, 6.45) is -0.534. The molecule has 1 N–H and O–H groups in total. The van der Waals surface area contributed by atoms with Crippen molar-refractivity contribution in [2.75, 3.05) is 6.67 Å². The Morgan fingerprint density at radius 1 is 0.931 bits per heavy atom. The SMILES string of the molecule is CC(=O)CC(NC(=O)CCC(=O)n1c2ccccc2c2ccccc21)C(=O)CF. The van der Waals surface area contributed by atoms with Gasteiger partial charge in [-0.15, -0.1) is 0 Å². The smallest absolute Gasteiger partial charge is 0.232 e. The molecule has 3 rings (SSSR count). The second-order valence-corrected chi connectivity index (χ2v) is 6.89. The number of alkyl halides is 1. The van der Waals surface area contributed by atoms with Gasteiger partial charge in [-0.1, -0.05) is 36.4 Å². The Bertz CT molecular complexity index is 1050. The predicted octanol–water partition coefficient (Wildman–Crippen LogP) is 3.22. The number of rotatable bonds is 8. The largest absolute Gasteiger partial charge is 0.346 e. The quantitative estimate of drug-likeness (QED) is 0.634. The molecule has 1 amide bonds. The lowest BCUT2D eigenvalue weighted by molar-refractivity contribution is -0.130. The summed E-state index contributed by atoms with van der Waals surface area (Å²) in [4.78, 5) is 47.9. The normalized spacial score (nSPS) is 12.1. The van der Waals surface area contributed by atoms with Crippen LogP contribution in [-0.2, 0) is 14.4 Å². The summed E-state index contributed by atoms with van der Waals surface area (Å²) in [7, 11) is 0. The maximum absolute atomic E-state index is 12.9. The van der Waals surface area contributed by atoms with Gasteiger partial charge in [0.2, 0.25) is 11.8 Å². The van der Waals surface area contributed by atoms with Crippen molar-refractivity contribution < 1.29 is 23.6 Å². The van der Waals surface area contributed by atoms with Gasteiger partial charge >= 0.3 is 0 Å². The number of fused-ring (bicyclic) bond motifs is 3. The van der Waals surface area contributed by atoms with E-state index in [1.165, 1.54) is 6.92 Å². The van der Waals surface area contributed by atoms with Crippen LogP contribution >= 0.6 is 0 Å². The lowest BCUT2D eigenvalue weighted by Crippen LogP contribution is -2.42. The van der Waals surface area contributed by atoms with Gasteiger partial charge in [0.25, 0.3) is 0 Å². The molecule has 29 heavy (non-hydrogen) atoms. The molecule has 0 aliphatic carbocycles. The lowest BCUT2D eigenvalue weighted by Gasteiger charge is -2.15. The van der Waals surface area contributed by atoms with Crippen LogP contribution in [0.4, 0.5) is 4.39 Å². The van der Waals surface area contributed by atoms with Crippen molar-refractivity contribution in [3.05, 3.63) is 48.5 Å². The number of carbonyl (C=O) groups is 4. The zero-order chi connectivity index (χ0) is 21.0. The van der Waals surface area contributed by atoms with Gasteiger partial charge in [0, 0.05) is 30.0 Å². The van der Waals surface area contributed by atoms with Crippen molar-refractivity contribution in [2.45, 2.75) is 32.2 Å². The number of nitrogens with one attached hydrogen (secondary N) is 1. The van der Waals surface area contributed by atoms with Crippen molar-refractivity contribution in [1.82, 2.24) is 9.88 Å². The fourth-order valence-electron chi connectivity index (χ4n) is 3.42. The van der Waals surface area contributed by atoms with Crippen LogP contribution < -0.4 is 5.32 Å². The van der Waals surface area contributed by atoms with E-state index in [9.17, 15) is 23.6 Å². The highest BCUT2D eigenvalue weighted by molar-refractivity contribution is 6.13. The number of nitrogens with zero attached hydrogens (tertiary/aromatic N) is 1. The summed E-state index contributed by atoms with van der Waals surface area (Å²) >= 11 is 0. The first-order valence-electron chi connectivity index (χ1n) is 9.31. The molecule has 1 unspecified atom stereocenters. The van der Waals surface area contributed by atoms with E-state index in [1.54, 1.807) is 4.57 Å². The minimum Gasteiger partial charge on any atom is -0.346 e. The van der Waals surface area contributed by atoms with Gasteiger partial charge in [-0.2, -0.15) is 0 Å². The summed E-state index contributed by atoms with van der Waals surface area (Å²) in [6, 6.07) is 13.8. The number of hydrogen-bond acceptors (Lipinski definition) is 4. The first-order chi connectivity index (χ1) is 13.9. The number of Topliss-reactive ketones (excluding diaryl/α,β-unsaturated/α-hetero) is 2. The number of hydrogen-bond donors (Lipinski definition) is 1. The molecule has 0 aliphatic rings.